The molecule has 0 radical (unpaired) electrons. The zero-order chi connectivity index (χ0) is 22.2. The van der Waals surface area contributed by atoms with Crippen LogP contribution in [0.15, 0.2) is 36.5 Å². The molecular formula is C23H31ClN4O3. The predicted octanol–water partition coefficient (Wildman–Crippen LogP) is 4.81. The second kappa shape index (κ2) is 9.56. The Kier molecular flexibility index (Phi) is 7.54. The molecule has 8 heteroatoms. The Bertz CT molecular complexity index is 946. The number of halogens is 1. The molecule has 0 fully saturated rings. The number of pyridine rings is 1. The Morgan fingerprint density at radius 3 is 2.29 bits per heavy atom. The second-order valence-electron chi connectivity index (χ2n) is 8.35. The molecule has 2 amide bonds. The highest BCUT2D eigenvalue weighted by Gasteiger charge is 2.38. The lowest BCUT2D eigenvalue weighted by atomic mass is 9.88. The summed E-state index contributed by atoms with van der Waals surface area (Å²) in [6.45, 7) is 7.28. The monoisotopic (exact) mass is 446 g/mol. The van der Waals surface area contributed by atoms with Crippen molar-refractivity contribution in [2.75, 3.05) is 23.9 Å². The van der Waals surface area contributed by atoms with E-state index in [1.54, 1.807) is 11.8 Å². The van der Waals surface area contributed by atoms with Gasteiger partial charge in [0, 0.05) is 50.6 Å². The molecule has 2 heterocycles. The van der Waals surface area contributed by atoms with E-state index in [-0.39, 0.29) is 36.4 Å². The van der Waals surface area contributed by atoms with Crippen molar-refractivity contribution >= 4 is 35.9 Å². The number of nitrogens with zero attached hydrogens (tertiary/aromatic N) is 4. The molecule has 2 aromatic rings. The second-order valence-corrected chi connectivity index (χ2v) is 8.35. The highest BCUT2D eigenvalue weighted by molar-refractivity contribution is 5.94. The first-order valence-corrected chi connectivity index (χ1v) is 10.2. The molecular weight excluding hydrogens is 416 g/mol. The first-order valence-electron chi connectivity index (χ1n) is 10.2. The third kappa shape index (κ3) is 4.77. The van der Waals surface area contributed by atoms with Crippen molar-refractivity contribution in [2.24, 2.45) is 0 Å². The highest BCUT2D eigenvalue weighted by atomic mass is 35.5. The highest BCUT2D eigenvalue weighted by Crippen LogP contribution is 2.43. The summed E-state index contributed by atoms with van der Waals surface area (Å²) in [5, 5.41) is 9.88. The normalized spacial score (nSPS) is 17.6. The van der Waals surface area contributed by atoms with Crippen LogP contribution in [-0.2, 0) is 4.79 Å². The molecule has 0 saturated carbocycles. The maximum absolute atomic E-state index is 12.4. The largest absolute Gasteiger partial charge is 0.465 e. The van der Waals surface area contributed by atoms with Gasteiger partial charge in [0.05, 0.1) is 6.04 Å². The Labute approximate surface area is 190 Å². The third-order valence-electron chi connectivity index (χ3n) is 5.64. The molecule has 0 saturated heterocycles. The fourth-order valence-electron chi connectivity index (χ4n) is 4.29. The molecule has 168 valence electrons. The topological polar surface area (TPSA) is 77.0 Å². The van der Waals surface area contributed by atoms with Crippen molar-refractivity contribution < 1.29 is 14.7 Å². The Morgan fingerprint density at radius 2 is 1.81 bits per heavy atom. The molecule has 3 rings (SSSR count). The average Bonchev–Trinajstić information content (AvgIpc) is 2.67. The molecule has 1 N–H and O–H groups in total. The smallest absolute Gasteiger partial charge is 0.408 e. The van der Waals surface area contributed by atoms with E-state index >= 15 is 0 Å². The molecule has 1 aromatic heterocycles. The quantitative estimate of drug-likeness (QED) is 0.729. The number of rotatable bonds is 4. The zero-order valence-electron chi connectivity index (χ0n) is 18.9. The van der Waals surface area contributed by atoms with Gasteiger partial charge in [-0.2, -0.15) is 0 Å². The van der Waals surface area contributed by atoms with Crippen LogP contribution in [0, 0.1) is 0 Å². The van der Waals surface area contributed by atoms with Crippen LogP contribution in [0.25, 0.3) is 11.1 Å². The lowest BCUT2D eigenvalue weighted by Crippen LogP contribution is -2.48. The van der Waals surface area contributed by atoms with Crippen LogP contribution in [0.5, 0.6) is 0 Å². The van der Waals surface area contributed by atoms with Gasteiger partial charge in [-0.25, -0.2) is 9.78 Å². The van der Waals surface area contributed by atoms with E-state index in [1.165, 1.54) is 4.90 Å². The number of anilines is 2. The number of carboxylic acid groups (broad SMARTS) is 1. The van der Waals surface area contributed by atoms with Gasteiger partial charge in [-0.15, -0.1) is 12.4 Å². The summed E-state index contributed by atoms with van der Waals surface area (Å²) in [5.74, 6) is 0.821. The van der Waals surface area contributed by atoms with Gasteiger partial charge < -0.3 is 14.9 Å². The van der Waals surface area contributed by atoms with Gasteiger partial charge in [-0.1, -0.05) is 6.07 Å². The van der Waals surface area contributed by atoms with Crippen molar-refractivity contribution in [3.8, 4) is 11.1 Å². The summed E-state index contributed by atoms with van der Waals surface area (Å²) in [6.07, 6.45) is 1.42. The van der Waals surface area contributed by atoms with Crippen LogP contribution in [0.4, 0.5) is 16.3 Å². The summed E-state index contributed by atoms with van der Waals surface area (Å²) in [7, 11) is 3.88. The molecule has 0 bridgehead atoms. The lowest BCUT2D eigenvalue weighted by Gasteiger charge is -2.43. The first-order chi connectivity index (χ1) is 14.1. The van der Waals surface area contributed by atoms with Crippen molar-refractivity contribution in [3.63, 3.8) is 0 Å². The van der Waals surface area contributed by atoms with Crippen LogP contribution in [0.2, 0.25) is 0 Å². The Balaban J connectivity index is 0.00000341. The van der Waals surface area contributed by atoms with Gasteiger partial charge in [0.1, 0.15) is 5.82 Å². The van der Waals surface area contributed by atoms with Gasteiger partial charge in [0.2, 0.25) is 5.91 Å². The van der Waals surface area contributed by atoms with Crippen LogP contribution in [-0.4, -0.2) is 53.2 Å². The van der Waals surface area contributed by atoms with E-state index in [0.717, 1.165) is 28.2 Å². The SMILES string of the molecule is CC(=O)N1c2ccc(-c3ccc(N(C)C)nc3)cc2C(N(C(=O)O)C(C)C)CC1C.Cl. The van der Waals surface area contributed by atoms with Crippen LogP contribution in [0.3, 0.4) is 0 Å². The lowest BCUT2D eigenvalue weighted by molar-refractivity contribution is -0.117. The van der Waals surface area contributed by atoms with Crippen LogP contribution in [0.1, 0.15) is 45.7 Å². The van der Waals surface area contributed by atoms with Crippen LogP contribution < -0.4 is 9.80 Å². The molecule has 1 aromatic carbocycles. The van der Waals surface area contributed by atoms with Crippen molar-refractivity contribution in [1.82, 2.24) is 9.88 Å². The summed E-state index contributed by atoms with van der Waals surface area (Å²) < 4.78 is 0. The minimum absolute atomic E-state index is 0. The molecule has 1 aliphatic heterocycles. The molecule has 0 aliphatic carbocycles. The van der Waals surface area contributed by atoms with Gasteiger partial charge in [-0.3, -0.25) is 9.69 Å². The number of aromatic nitrogens is 1. The van der Waals surface area contributed by atoms with E-state index in [2.05, 4.69) is 4.98 Å². The number of amides is 2. The van der Waals surface area contributed by atoms with Gasteiger partial charge in [-0.05, 0) is 62.6 Å². The van der Waals surface area contributed by atoms with E-state index < -0.39 is 6.09 Å². The fourth-order valence-corrected chi connectivity index (χ4v) is 4.29. The van der Waals surface area contributed by atoms with Crippen molar-refractivity contribution in [2.45, 2.75) is 52.2 Å². The maximum Gasteiger partial charge on any atom is 0.408 e. The van der Waals surface area contributed by atoms with E-state index in [9.17, 15) is 14.7 Å². The molecule has 0 spiro atoms. The zero-order valence-corrected chi connectivity index (χ0v) is 19.7. The van der Waals surface area contributed by atoms with Gasteiger partial charge >= 0.3 is 6.09 Å². The standard InChI is InChI=1S/C23H30N4O3.ClH/c1-14(2)26(23(29)30)21-11-15(3)27(16(4)28)20-9-7-17(12-19(20)21)18-8-10-22(24-13-18)25(5)6;/h7-10,12-15,21H,11H2,1-6H3,(H,29,30);1H. The number of carbonyl (C=O) groups is 2. The summed E-state index contributed by atoms with van der Waals surface area (Å²) in [4.78, 5) is 34.1. The number of carbonyl (C=O) groups excluding carboxylic acids is 1. The van der Waals surface area contributed by atoms with Gasteiger partial charge in [0.25, 0.3) is 0 Å². The number of benzene rings is 1. The summed E-state index contributed by atoms with van der Waals surface area (Å²) in [6, 6.07) is 9.27. The minimum Gasteiger partial charge on any atom is -0.465 e. The molecule has 7 nitrogen and oxygen atoms in total. The average molecular weight is 447 g/mol. The predicted molar refractivity (Wildman–Crippen MR) is 126 cm³/mol. The Hall–Kier alpha value is -2.80. The molecule has 2 atom stereocenters. The molecule has 31 heavy (non-hydrogen) atoms. The van der Waals surface area contributed by atoms with Crippen molar-refractivity contribution in [3.05, 3.63) is 42.1 Å². The number of hydrogen-bond donors (Lipinski definition) is 1. The Morgan fingerprint density at radius 1 is 1.16 bits per heavy atom. The first kappa shape index (κ1) is 24.5. The number of fused-ring (bicyclic) bond motifs is 1. The molecule has 1 aliphatic rings. The fraction of sp³-hybridized carbons (Fsp3) is 0.435. The summed E-state index contributed by atoms with van der Waals surface area (Å²) >= 11 is 0. The summed E-state index contributed by atoms with van der Waals surface area (Å²) in [5.41, 5.74) is 3.53. The van der Waals surface area contributed by atoms with E-state index in [0.29, 0.717) is 6.42 Å². The van der Waals surface area contributed by atoms with Gasteiger partial charge in [0.15, 0.2) is 0 Å². The van der Waals surface area contributed by atoms with E-state index in [1.807, 2.05) is 76.3 Å². The van der Waals surface area contributed by atoms with Crippen molar-refractivity contribution in [1.29, 1.82) is 0 Å². The van der Waals surface area contributed by atoms with Crippen LogP contribution >= 0.6 is 12.4 Å². The minimum atomic E-state index is -0.952. The number of hydrogen-bond acceptors (Lipinski definition) is 4. The maximum atomic E-state index is 12.4. The third-order valence-corrected chi connectivity index (χ3v) is 5.64. The molecule has 2 unspecified atom stereocenters. The van der Waals surface area contributed by atoms with E-state index in [4.69, 9.17) is 0 Å².